The standard InChI is InChI=1S/C8H15NO2.C7H13F2N.2C2H6/c1-2-9-5-3-7(4-6-9)8(10)11;1-2-10-5-3-4-7(8,9)6-10;2*1-2/h7H,2-6H2,1H3,(H,10,11);2-6H2,1H3;2*1-2H3. The molecular formula is C19H40F2N2O2. The number of halogens is 2. The summed E-state index contributed by atoms with van der Waals surface area (Å²) in [4.78, 5) is 14.6. The topological polar surface area (TPSA) is 43.8 Å². The molecule has 0 aromatic carbocycles. The summed E-state index contributed by atoms with van der Waals surface area (Å²) in [6.07, 6.45) is 2.36. The largest absolute Gasteiger partial charge is 0.481 e. The van der Waals surface area contributed by atoms with Crippen molar-refractivity contribution in [2.45, 2.75) is 73.1 Å². The Balaban J connectivity index is 0. The van der Waals surface area contributed by atoms with Gasteiger partial charge in [0.1, 0.15) is 0 Å². The summed E-state index contributed by atoms with van der Waals surface area (Å²) < 4.78 is 25.2. The van der Waals surface area contributed by atoms with Gasteiger partial charge in [0, 0.05) is 6.42 Å². The first-order chi connectivity index (χ1) is 11.9. The first kappa shape index (κ1) is 26.5. The van der Waals surface area contributed by atoms with E-state index < -0.39 is 11.9 Å². The van der Waals surface area contributed by atoms with Crippen LogP contribution in [0.3, 0.4) is 0 Å². The van der Waals surface area contributed by atoms with Crippen LogP contribution in [-0.2, 0) is 4.79 Å². The van der Waals surface area contributed by atoms with Crippen LogP contribution in [0.1, 0.15) is 67.2 Å². The number of hydrogen-bond acceptors (Lipinski definition) is 3. The summed E-state index contributed by atoms with van der Waals surface area (Å²) in [6, 6.07) is 0. The quantitative estimate of drug-likeness (QED) is 0.793. The zero-order chi connectivity index (χ0) is 19.9. The van der Waals surface area contributed by atoms with Gasteiger partial charge >= 0.3 is 5.97 Å². The Kier molecular flexibility index (Phi) is 16.4. The molecule has 2 rings (SSSR count). The lowest BCUT2D eigenvalue weighted by Crippen LogP contribution is -2.42. The second-order valence-corrected chi connectivity index (χ2v) is 5.88. The molecule has 0 amide bonds. The highest BCUT2D eigenvalue weighted by molar-refractivity contribution is 5.70. The van der Waals surface area contributed by atoms with Gasteiger partial charge in [0.25, 0.3) is 5.92 Å². The van der Waals surface area contributed by atoms with E-state index >= 15 is 0 Å². The lowest BCUT2D eigenvalue weighted by Gasteiger charge is -2.31. The van der Waals surface area contributed by atoms with Crippen LogP contribution in [0.2, 0.25) is 0 Å². The molecule has 0 spiro atoms. The fraction of sp³-hybridized carbons (Fsp3) is 0.947. The number of carboxylic acids is 1. The van der Waals surface area contributed by atoms with E-state index in [2.05, 4.69) is 11.8 Å². The van der Waals surface area contributed by atoms with E-state index in [9.17, 15) is 13.6 Å². The molecule has 4 nitrogen and oxygen atoms in total. The molecule has 0 aromatic heterocycles. The van der Waals surface area contributed by atoms with E-state index in [0.717, 1.165) is 45.6 Å². The van der Waals surface area contributed by atoms with Crippen LogP contribution < -0.4 is 0 Å². The molecule has 2 aliphatic heterocycles. The maximum absolute atomic E-state index is 12.6. The lowest BCUT2D eigenvalue weighted by molar-refractivity contribution is -0.143. The number of likely N-dealkylation sites (tertiary alicyclic amines) is 2. The number of hydrogen-bond donors (Lipinski definition) is 1. The SMILES string of the molecule is CC.CC.CCN1CCC(C(=O)O)CC1.CCN1CCCC(F)(F)C1. The van der Waals surface area contributed by atoms with E-state index in [1.165, 1.54) is 0 Å². The second-order valence-electron chi connectivity index (χ2n) is 5.88. The third-order valence-corrected chi connectivity index (χ3v) is 4.30. The average molecular weight is 367 g/mol. The zero-order valence-corrected chi connectivity index (χ0v) is 17.2. The molecule has 0 unspecified atom stereocenters. The van der Waals surface area contributed by atoms with E-state index in [0.29, 0.717) is 6.42 Å². The maximum atomic E-state index is 12.6. The molecule has 0 aromatic rings. The molecule has 152 valence electrons. The number of nitrogens with zero attached hydrogens (tertiary/aromatic N) is 2. The first-order valence-electron chi connectivity index (χ1n) is 9.93. The Morgan fingerprint density at radius 1 is 1.00 bits per heavy atom. The molecule has 0 radical (unpaired) electrons. The van der Waals surface area contributed by atoms with Crippen LogP contribution in [0.15, 0.2) is 0 Å². The van der Waals surface area contributed by atoms with Crippen molar-refractivity contribution in [3.8, 4) is 0 Å². The Morgan fingerprint density at radius 3 is 1.80 bits per heavy atom. The van der Waals surface area contributed by atoms with Gasteiger partial charge in [-0.25, -0.2) is 8.78 Å². The van der Waals surface area contributed by atoms with Crippen molar-refractivity contribution in [1.29, 1.82) is 0 Å². The van der Waals surface area contributed by atoms with Gasteiger partial charge in [-0.1, -0.05) is 41.5 Å². The van der Waals surface area contributed by atoms with Crippen molar-refractivity contribution >= 4 is 5.97 Å². The Morgan fingerprint density at radius 2 is 1.48 bits per heavy atom. The minimum atomic E-state index is -2.42. The van der Waals surface area contributed by atoms with Gasteiger partial charge in [0.2, 0.25) is 0 Å². The average Bonchev–Trinajstić information content (AvgIpc) is 2.64. The molecule has 25 heavy (non-hydrogen) atoms. The highest BCUT2D eigenvalue weighted by Gasteiger charge is 2.34. The molecule has 6 heteroatoms. The van der Waals surface area contributed by atoms with Crippen LogP contribution in [0.4, 0.5) is 8.78 Å². The molecule has 0 bridgehead atoms. The normalized spacial score (nSPS) is 20.8. The second kappa shape index (κ2) is 15.5. The molecule has 2 saturated heterocycles. The van der Waals surface area contributed by atoms with Crippen LogP contribution >= 0.6 is 0 Å². The van der Waals surface area contributed by atoms with Crippen LogP contribution in [0.5, 0.6) is 0 Å². The highest BCUT2D eigenvalue weighted by atomic mass is 19.3. The van der Waals surface area contributed by atoms with Gasteiger partial charge in [-0.05, 0) is 52.0 Å². The fourth-order valence-electron chi connectivity index (χ4n) is 2.81. The zero-order valence-electron chi connectivity index (χ0n) is 17.2. The number of alkyl halides is 2. The molecular weight excluding hydrogens is 326 g/mol. The smallest absolute Gasteiger partial charge is 0.306 e. The number of aliphatic carboxylic acids is 1. The summed E-state index contributed by atoms with van der Waals surface area (Å²) in [5.41, 5.74) is 0. The van der Waals surface area contributed by atoms with Gasteiger partial charge in [0.15, 0.2) is 0 Å². The van der Waals surface area contributed by atoms with Crippen molar-refractivity contribution in [2.75, 3.05) is 39.3 Å². The predicted octanol–water partition coefficient (Wildman–Crippen LogP) is 4.59. The Labute approximate surface area is 153 Å². The molecule has 0 saturated carbocycles. The van der Waals surface area contributed by atoms with Crippen LogP contribution in [0, 0.1) is 5.92 Å². The lowest BCUT2D eigenvalue weighted by atomic mass is 9.97. The number of piperidine rings is 2. The fourth-order valence-corrected chi connectivity index (χ4v) is 2.81. The van der Waals surface area contributed by atoms with Crippen molar-refractivity contribution in [3.63, 3.8) is 0 Å². The van der Waals surface area contributed by atoms with E-state index in [4.69, 9.17) is 5.11 Å². The van der Waals surface area contributed by atoms with E-state index in [1.807, 2.05) is 34.6 Å². The Hall–Kier alpha value is -0.750. The minimum Gasteiger partial charge on any atom is -0.481 e. The van der Waals surface area contributed by atoms with Gasteiger partial charge in [-0.3, -0.25) is 9.69 Å². The van der Waals surface area contributed by atoms with Gasteiger partial charge < -0.3 is 10.0 Å². The molecule has 2 heterocycles. The highest BCUT2D eigenvalue weighted by Crippen LogP contribution is 2.25. The van der Waals surface area contributed by atoms with Gasteiger partial charge in [0.05, 0.1) is 12.5 Å². The summed E-state index contributed by atoms with van der Waals surface area (Å²) in [5.74, 6) is -3.13. The predicted molar refractivity (Wildman–Crippen MR) is 101 cm³/mol. The number of carbonyl (C=O) groups is 1. The van der Waals surface area contributed by atoms with Crippen LogP contribution in [0.25, 0.3) is 0 Å². The monoisotopic (exact) mass is 366 g/mol. The molecule has 2 fully saturated rings. The van der Waals surface area contributed by atoms with E-state index in [1.54, 1.807) is 4.90 Å². The summed E-state index contributed by atoms with van der Waals surface area (Å²) >= 11 is 0. The number of rotatable bonds is 3. The third kappa shape index (κ3) is 12.3. The minimum absolute atomic E-state index is 0.0382. The molecule has 2 aliphatic rings. The summed E-state index contributed by atoms with van der Waals surface area (Å²) in [7, 11) is 0. The summed E-state index contributed by atoms with van der Waals surface area (Å²) in [5, 5.41) is 8.68. The van der Waals surface area contributed by atoms with Crippen molar-refractivity contribution in [2.24, 2.45) is 5.92 Å². The van der Waals surface area contributed by atoms with E-state index in [-0.39, 0.29) is 18.9 Å². The maximum Gasteiger partial charge on any atom is 0.306 e. The molecule has 0 atom stereocenters. The number of carboxylic acid groups (broad SMARTS) is 1. The Bertz CT molecular complexity index is 321. The van der Waals surface area contributed by atoms with Crippen molar-refractivity contribution in [3.05, 3.63) is 0 Å². The molecule has 0 aliphatic carbocycles. The first-order valence-corrected chi connectivity index (χ1v) is 9.93. The van der Waals surface area contributed by atoms with Crippen molar-refractivity contribution in [1.82, 2.24) is 9.80 Å². The third-order valence-electron chi connectivity index (χ3n) is 4.30. The van der Waals surface area contributed by atoms with Gasteiger partial charge in [-0.15, -0.1) is 0 Å². The molecule has 1 N–H and O–H groups in total. The van der Waals surface area contributed by atoms with Gasteiger partial charge in [-0.2, -0.15) is 0 Å². The van der Waals surface area contributed by atoms with Crippen LogP contribution in [-0.4, -0.2) is 66.1 Å². The van der Waals surface area contributed by atoms with Crippen molar-refractivity contribution < 1.29 is 18.7 Å². The summed E-state index contributed by atoms with van der Waals surface area (Å²) in [6.45, 7) is 16.5.